The van der Waals surface area contributed by atoms with Crippen LogP contribution >= 0.6 is 12.2 Å². The summed E-state index contributed by atoms with van der Waals surface area (Å²) >= 11 is 5.32. The van der Waals surface area contributed by atoms with E-state index in [0.29, 0.717) is 35.2 Å². The molecule has 1 aliphatic carbocycles. The molecular formula is C20H31N3O2S. The number of hydrogen-bond donors (Lipinski definition) is 3. The van der Waals surface area contributed by atoms with Gasteiger partial charge < -0.3 is 10.1 Å². The van der Waals surface area contributed by atoms with Crippen molar-refractivity contribution in [1.29, 1.82) is 0 Å². The molecule has 0 aliphatic heterocycles. The highest BCUT2D eigenvalue weighted by Gasteiger charge is 2.27. The number of ether oxygens (including phenoxy) is 1. The third kappa shape index (κ3) is 6.16. The molecule has 0 heterocycles. The Morgan fingerprint density at radius 3 is 2.62 bits per heavy atom. The molecule has 1 amide bonds. The van der Waals surface area contributed by atoms with Crippen molar-refractivity contribution in [3.63, 3.8) is 0 Å². The molecule has 0 saturated heterocycles. The molecule has 5 nitrogen and oxygen atoms in total. The van der Waals surface area contributed by atoms with Gasteiger partial charge in [0.2, 0.25) is 0 Å². The van der Waals surface area contributed by atoms with Crippen LogP contribution in [0, 0.1) is 11.8 Å². The van der Waals surface area contributed by atoms with Gasteiger partial charge in [0.25, 0.3) is 5.91 Å². The average Bonchev–Trinajstić information content (AvgIpc) is 2.64. The van der Waals surface area contributed by atoms with Crippen LogP contribution in [0.1, 0.15) is 63.2 Å². The zero-order valence-electron chi connectivity index (χ0n) is 16.0. The van der Waals surface area contributed by atoms with E-state index in [-0.39, 0.29) is 5.91 Å². The lowest BCUT2D eigenvalue weighted by Gasteiger charge is -2.35. The summed E-state index contributed by atoms with van der Waals surface area (Å²) in [5.41, 5.74) is 6.02. The van der Waals surface area contributed by atoms with Gasteiger partial charge in [-0.05, 0) is 61.2 Å². The Hall–Kier alpha value is -1.82. The predicted octanol–water partition coefficient (Wildman–Crippen LogP) is 3.80. The number of rotatable bonds is 6. The van der Waals surface area contributed by atoms with Gasteiger partial charge >= 0.3 is 0 Å². The van der Waals surface area contributed by atoms with Crippen molar-refractivity contribution in [1.82, 2.24) is 16.2 Å². The summed E-state index contributed by atoms with van der Waals surface area (Å²) in [6.45, 7) is 7.36. The van der Waals surface area contributed by atoms with Crippen LogP contribution in [-0.4, -0.2) is 23.7 Å². The van der Waals surface area contributed by atoms with Crippen LogP contribution in [0.4, 0.5) is 0 Å². The van der Waals surface area contributed by atoms with Crippen LogP contribution in [0.25, 0.3) is 0 Å². The van der Waals surface area contributed by atoms with Gasteiger partial charge in [-0.3, -0.25) is 15.6 Å². The number of thiocarbonyl (C=S) groups is 1. The lowest BCUT2D eigenvalue weighted by molar-refractivity contribution is 0.0943. The quantitative estimate of drug-likeness (QED) is 0.400. The molecule has 0 unspecified atom stereocenters. The SMILES string of the molecule is CCCCOc1ccc(C(=O)NNC(=S)N[C@H]2CCC[C@H](C)[C@@H]2C)cc1. The lowest BCUT2D eigenvalue weighted by atomic mass is 9.78. The van der Waals surface area contributed by atoms with Crippen LogP contribution < -0.4 is 20.9 Å². The van der Waals surface area contributed by atoms with Gasteiger partial charge in [-0.2, -0.15) is 0 Å². The standard InChI is InChI=1S/C20H31N3O2S/c1-4-5-13-25-17-11-9-16(10-12-17)19(24)22-23-20(26)21-18-8-6-7-14(2)15(18)3/h9-12,14-15,18H,4-8,13H2,1-3H3,(H,22,24)(H2,21,23,26)/t14-,15-,18-/m0/s1. The summed E-state index contributed by atoms with van der Waals surface area (Å²) in [6, 6.07) is 7.48. The van der Waals surface area contributed by atoms with Gasteiger partial charge in [0, 0.05) is 11.6 Å². The Balaban J connectivity index is 1.76. The molecule has 0 spiro atoms. The third-order valence-electron chi connectivity index (χ3n) is 5.20. The summed E-state index contributed by atoms with van der Waals surface area (Å²) in [6.07, 6.45) is 5.72. The minimum atomic E-state index is -0.223. The van der Waals surface area contributed by atoms with Crippen molar-refractivity contribution < 1.29 is 9.53 Å². The second-order valence-corrected chi connectivity index (χ2v) is 7.56. The summed E-state index contributed by atoms with van der Waals surface area (Å²) < 4.78 is 5.60. The average molecular weight is 378 g/mol. The number of benzene rings is 1. The van der Waals surface area contributed by atoms with Crippen molar-refractivity contribution >= 4 is 23.2 Å². The van der Waals surface area contributed by atoms with Crippen LogP contribution in [0.2, 0.25) is 0 Å². The van der Waals surface area contributed by atoms with E-state index in [0.717, 1.165) is 25.0 Å². The van der Waals surface area contributed by atoms with E-state index < -0.39 is 0 Å². The van der Waals surface area contributed by atoms with Crippen molar-refractivity contribution in [3.8, 4) is 5.75 Å². The number of unbranched alkanes of at least 4 members (excludes halogenated alkanes) is 1. The molecule has 0 bridgehead atoms. The number of carbonyl (C=O) groups excluding carboxylic acids is 1. The summed E-state index contributed by atoms with van der Waals surface area (Å²) in [5.74, 6) is 1.82. The second-order valence-electron chi connectivity index (χ2n) is 7.15. The highest BCUT2D eigenvalue weighted by Crippen LogP contribution is 2.29. The molecule has 0 aromatic heterocycles. The second kappa shape index (κ2) is 10.4. The predicted molar refractivity (Wildman–Crippen MR) is 109 cm³/mol. The highest BCUT2D eigenvalue weighted by atomic mass is 32.1. The normalized spacial score (nSPS) is 22.3. The first-order chi connectivity index (χ1) is 12.5. The molecule has 6 heteroatoms. The van der Waals surface area contributed by atoms with Crippen LogP contribution in [0.3, 0.4) is 0 Å². The number of nitrogens with one attached hydrogen (secondary N) is 3. The van der Waals surface area contributed by atoms with Crippen LogP contribution in [0.5, 0.6) is 5.75 Å². The van der Waals surface area contributed by atoms with E-state index in [1.165, 1.54) is 12.8 Å². The lowest BCUT2D eigenvalue weighted by Crippen LogP contribution is -2.52. The largest absolute Gasteiger partial charge is 0.494 e. The van der Waals surface area contributed by atoms with Crippen molar-refractivity contribution in [2.24, 2.45) is 11.8 Å². The summed E-state index contributed by atoms with van der Waals surface area (Å²) in [5, 5.41) is 3.79. The van der Waals surface area contributed by atoms with Gasteiger partial charge in [0.05, 0.1) is 6.61 Å². The topological polar surface area (TPSA) is 62.4 Å². The molecule has 1 fully saturated rings. The number of carbonyl (C=O) groups is 1. The molecule has 3 atom stereocenters. The Morgan fingerprint density at radius 2 is 1.92 bits per heavy atom. The zero-order valence-corrected chi connectivity index (χ0v) is 16.8. The number of amides is 1. The molecule has 1 aliphatic rings. The highest BCUT2D eigenvalue weighted by molar-refractivity contribution is 7.80. The number of hydrazine groups is 1. The molecule has 2 rings (SSSR count). The van der Waals surface area contributed by atoms with E-state index in [9.17, 15) is 4.79 Å². The smallest absolute Gasteiger partial charge is 0.269 e. The maximum atomic E-state index is 12.2. The molecule has 144 valence electrons. The first-order valence-electron chi connectivity index (χ1n) is 9.61. The van der Waals surface area contributed by atoms with E-state index >= 15 is 0 Å². The molecular weight excluding hydrogens is 346 g/mol. The molecule has 1 saturated carbocycles. The van der Waals surface area contributed by atoms with Crippen molar-refractivity contribution in [3.05, 3.63) is 29.8 Å². The fourth-order valence-electron chi connectivity index (χ4n) is 3.21. The fourth-order valence-corrected chi connectivity index (χ4v) is 3.42. The maximum absolute atomic E-state index is 12.2. The van der Waals surface area contributed by atoms with E-state index in [1.54, 1.807) is 12.1 Å². The van der Waals surface area contributed by atoms with Crippen molar-refractivity contribution in [2.75, 3.05) is 6.61 Å². The molecule has 1 aromatic rings. The minimum Gasteiger partial charge on any atom is -0.494 e. The first kappa shape index (κ1) is 20.5. The van der Waals surface area contributed by atoms with E-state index in [4.69, 9.17) is 17.0 Å². The summed E-state index contributed by atoms with van der Waals surface area (Å²) in [4.78, 5) is 12.2. The zero-order chi connectivity index (χ0) is 18.9. The van der Waals surface area contributed by atoms with Gasteiger partial charge in [0.15, 0.2) is 5.11 Å². The number of hydrogen-bond acceptors (Lipinski definition) is 3. The van der Waals surface area contributed by atoms with Gasteiger partial charge in [-0.15, -0.1) is 0 Å². The first-order valence-corrected chi connectivity index (χ1v) is 10.0. The Labute approximate surface area is 162 Å². The molecule has 26 heavy (non-hydrogen) atoms. The maximum Gasteiger partial charge on any atom is 0.269 e. The molecule has 3 N–H and O–H groups in total. The third-order valence-corrected chi connectivity index (χ3v) is 5.42. The van der Waals surface area contributed by atoms with Crippen LogP contribution in [0.15, 0.2) is 24.3 Å². The van der Waals surface area contributed by atoms with Crippen molar-refractivity contribution in [2.45, 2.75) is 58.9 Å². The van der Waals surface area contributed by atoms with Crippen LogP contribution in [-0.2, 0) is 0 Å². The van der Waals surface area contributed by atoms with E-state index in [2.05, 4.69) is 36.9 Å². The van der Waals surface area contributed by atoms with Gasteiger partial charge in [0.1, 0.15) is 5.75 Å². The Bertz CT molecular complexity index is 591. The monoisotopic (exact) mass is 377 g/mol. The van der Waals surface area contributed by atoms with Gasteiger partial charge in [-0.1, -0.05) is 40.0 Å². The van der Waals surface area contributed by atoms with E-state index in [1.807, 2.05) is 12.1 Å². The minimum absolute atomic E-state index is 0.223. The fraction of sp³-hybridized carbons (Fsp3) is 0.600. The Kier molecular flexibility index (Phi) is 8.16. The summed E-state index contributed by atoms with van der Waals surface area (Å²) in [7, 11) is 0. The van der Waals surface area contributed by atoms with Gasteiger partial charge in [-0.25, -0.2) is 0 Å². The Morgan fingerprint density at radius 1 is 1.19 bits per heavy atom. The molecule has 1 aromatic carbocycles. The molecule has 0 radical (unpaired) electrons.